The van der Waals surface area contributed by atoms with Crippen molar-refractivity contribution in [2.45, 2.75) is 0 Å². The lowest BCUT2D eigenvalue weighted by Gasteiger charge is -2.21. The first kappa shape index (κ1) is 11.7. The first-order valence-electron chi connectivity index (χ1n) is 5.73. The number of likely N-dealkylation sites (N-methyl/N-ethyl adjacent to an activating group) is 2. The normalized spacial score (nSPS) is 10.7. The maximum Gasteiger partial charge on any atom is 0.0951 e. The smallest absolute Gasteiger partial charge is 0.0951 e. The summed E-state index contributed by atoms with van der Waals surface area (Å²) in [6, 6.07) is 7.93. The molecule has 1 aromatic heterocycles. The van der Waals surface area contributed by atoms with Crippen molar-refractivity contribution in [1.82, 2.24) is 10.3 Å². The van der Waals surface area contributed by atoms with Gasteiger partial charge in [-0.2, -0.15) is 0 Å². The van der Waals surface area contributed by atoms with Crippen LogP contribution in [0.3, 0.4) is 0 Å². The summed E-state index contributed by atoms with van der Waals surface area (Å²) >= 11 is 0. The number of anilines is 2. The van der Waals surface area contributed by atoms with Crippen LogP contribution in [0.4, 0.5) is 11.4 Å². The van der Waals surface area contributed by atoms with E-state index in [1.807, 2.05) is 31.4 Å². The van der Waals surface area contributed by atoms with Crippen molar-refractivity contribution in [2.75, 3.05) is 37.8 Å². The zero-order valence-electron chi connectivity index (χ0n) is 10.3. The van der Waals surface area contributed by atoms with Crippen molar-refractivity contribution < 1.29 is 0 Å². The van der Waals surface area contributed by atoms with Crippen molar-refractivity contribution >= 4 is 22.3 Å². The molecule has 0 aliphatic rings. The molecule has 0 bridgehead atoms. The molecule has 0 amide bonds. The number of rotatable bonds is 4. The van der Waals surface area contributed by atoms with E-state index >= 15 is 0 Å². The SMILES string of the molecule is CNCCN(C)c1ccnc2c(N)cccc12. The molecular weight excluding hydrogens is 212 g/mol. The molecule has 0 spiro atoms. The Labute approximate surface area is 101 Å². The number of hydrogen-bond donors (Lipinski definition) is 2. The molecule has 1 aromatic carbocycles. The lowest BCUT2D eigenvalue weighted by atomic mass is 10.1. The van der Waals surface area contributed by atoms with Crippen LogP contribution in [0, 0.1) is 0 Å². The highest BCUT2D eigenvalue weighted by Gasteiger charge is 2.07. The number of nitrogen functional groups attached to an aromatic ring is 1. The standard InChI is InChI=1S/C13H18N4/c1-15-8-9-17(2)12-6-7-16-13-10(12)4-3-5-11(13)14/h3-7,15H,8-9,14H2,1-2H3. The van der Waals surface area contributed by atoms with Gasteiger partial charge in [-0.3, -0.25) is 4.98 Å². The van der Waals surface area contributed by atoms with Gasteiger partial charge < -0.3 is 16.0 Å². The number of nitrogens with two attached hydrogens (primary N) is 1. The van der Waals surface area contributed by atoms with E-state index in [1.165, 1.54) is 0 Å². The van der Waals surface area contributed by atoms with E-state index in [1.54, 1.807) is 0 Å². The Hall–Kier alpha value is -1.81. The number of aromatic nitrogens is 1. The van der Waals surface area contributed by atoms with Gasteiger partial charge in [0.1, 0.15) is 0 Å². The van der Waals surface area contributed by atoms with Crippen LogP contribution in [-0.2, 0) is 0 Å². The minimum Gasteiger partial charge on any atom is -0.397 e. The minimum atomic E-state index is 0.728. The average Bonchev–Trinajstić information content (AvgIpc) is 2.36. The second-order valence-electron chi connectivity index (χ2n) is 4.10. The summed E-state index contributed by atoms with van der Waals surface area (Å²) in [7, 11) is 4.03. The van der Waals surface area contributed by atoms with Crippen molar-refractivity contribution in [3.63, 3.8) is 0 Å². The minimum absolute atomic E-state index is 0.728. The molecule has 2 rings (SSSR count). The van der Waals surface area contributed by atoms with Crippen LogP contribution in [0.2, 0.25) is 0 Å². The van der Waals surface area contributed by atoms with Gasteiger partial charge >= 0.3 is 0 Å². The Morgan fingerprint density at radius 1 is 1.35 bits per heavy atom. The summed E-state index contributed by atoms with van der Waals surface area (Å²) in [5.74, 6) is 0. The van der Waals surface area contributed by atoms with Gasteiger partial charge in [0.2, 0.25) is 0 Å². The number of nitrogens with zero attached hydrogens (tertiary/aromatic N) is 2. The predicted molar refractivity (Wildman–Crippen MR) is 73.4 cm³/mol. The second-order valence-corrected chi connectivity index (χ2v) is 4.10. The summed E-state index contributed by atoms with van der Waals surface area (Å²) < 4.78 is 0. The van der Waals surface area contributed by atoms with Crippen molar-refractivity contribution in [3.8, 4) is 0 Å². The van der Waals surface area contributed by atoms with Gasteiger partial charge in [0.05, 0.1) is 11.2 Å². The van der Waals surface area contributed by atoms with Crippen molar-refractivity contribution in [2.24, 2.45) is 0 Å². The van der Waals surface area contributed by atoms with E-state index in [4.69, 9.17) is 5.73 Å². The Morgan fingerprint density at radius 2 is 2.18 bits per heavy atom. The molecule has 0 saturated carbocycles. The highest BCUT2D eigenvalue weighted by atomic mass is 15.1. The zero-order chi connectivity index (χ0) is 12.3. The van der Waals surface area contributed by atoms with E-state index in [2.05, 4.69) is 28.3 Å². The number of hydrogen-bond acceptors (Lipinski definition) is 4. The van der Waals surface area contributed by atoms with Gasteiger partial charge in [0.15, 0.2) is 0 Å². The van der Waals surface area contributed by atoms with E-state index in [-0.39, 0.29) is 0 Å². The molecule has 0 unspecified atom stereocenters. The Morgan fingerprint density at radius 3 is 2.94 bits per heavy atom. The third-order valence-corrected chi connectivity index (χ3v) is 2.89. The molecule has 4 nitrogen and oxygen atoms in total. The molecular formula is C13H18N4. The number of nitrogens with one attached hydrogen (secondary N) is 1. The fourth-order valence-electron chi connectivity index (χ4n) is 1.92. The van der Waals surface area contributed by atoms with Crippen LogP contribution >= 0.6 is 0 Å². The maximum atomic E-state index is 5.93. The number of benzene rings is 1. The fourth-order valence-corrected chi connectivity index (χ4v) is 1.92. The lowest BCUT2D eigenvalue weighted by molar-refractivity contribution is 0.769. The molecule has 0 aliphatic carbocycles. The Bertz CT molecular complexity index is 510. The molecule has 17 heavy (non-hydrogen) atoms. The Balaban J connectivity index is 2.43. The Kier molecular flexibility index (Phi) is 3.44. The monoisotopic (exact) mass is 230 g/mol. The first-order chi connectivity index (χ1) is 8.24. The third-order valence-electron chi connectivity index (χ3n) is 2.89. The molecule has 4 heteroatoms. The molecule has 0 saturated heterocycles. The van der Waals surface area contributed by atoms with E-state index in [0.29, 0.717) is 0 Å². The molecule has 0 fully saturated rings. The summed E-state index contributed by atoms with van der Waals surface area (Å²) in [6.45, 7) is 1.90. The van der Waals surface area contributed by atoms with Crippen LogP contribution in [-0.4, -0.2) is 32.2 Å². The highest BCUT2D eigenvalue weighted by molar-refractivity contribution is 5.97. The van der Waals surface area contributed by atoms with E-state index < -0.39 is 0 Å². The molecule has 0 atom stereocenters. The van der Waals surface area contributed by atoms with Gasteiger partial charge in [-0.05, 0) is 19.2 Å². The topological polar surface area (TPSA) is 54.2 Å². The van der Waals surface area contributed by atoms with E-state index in [9.17, 15) is 0 Å². The summed E-state index contributed by atoms with van der Waals surface area (Å²) in [4.78, 5) is 6.55. The average molecular weight is 230 g/mol. The van der Waals surface area contributed by atoms with Gasteiger partial charge in [-0.1, -0.05) is 12.1 Å². The fraction of sp³-hybridized carbons (Fsp3) is 0.308. The van der Waals surface area contributed by atoms with Gasteiger partial charge in [-0.15, -0.1) is 0 Å². The van der Waals surface area contributed by atoms with Crippen molar-refractivity contribution in [1.29, 1.82) is 0 Å². The quantitative estimate of drug-likeness (QED) is 0.781. The number of para-hydroxylation sites is 1. The van der Waals surface area contributed by atoms with E-state index in [0.717, 1.165) is 35.4 Å². The van der Waals surface area contributed by atoms with Crippen LogP contribution in [0.25, 0.3) is 10.9 Å². The molecule has 0 radical (unpaired) electrons. The number of fused-ring (bicyclic) bond motifs is 1. The molecule has 1 heterocycles. The second kappa shape index (κ2) is 5.01. The van der Waals surface area contributed by atoms with Gasteiger partial charge in [0, 0.05) is 37.4 Å². The predicted octanol–water partition coefficient (Wildman–Crippen LogP) is 1.47. The summed E-state index contributed by atoms with van der Waals surface area (Å²) in [5.41, 5.74) is 8.70. The van der Waals surface area contributed by atoms with Gasteiger partial charge in [0.25, 0.3) is 0 Å². The third kappa shape index (κ3) is 2.31. The molecule has 2 aromatic rings. The highest BCUT2D eigenvalue weighted by Crippen LogP contribution is 2.27. The van der Waals surface area contributed by atoms with Crippen LogP contribution in [0.5, 0.6) is 0 Å². The largest absolute Gasteiger partial charge is 0.397 e. The molecule has 0 aliphatic heterocycles. The molecule has 90 valence electrons. The first-order valence-corrected chi connectivity index (χ1v) is 5.73. The van der Waals surface area contributed by atoms with Crippen LogP contribution < -0.4 is 16.0 Å². The number of pyridine rings is 1. The molecule has 3 N–H and O–H groups in total. The summed E-state index contributed by atoms with van der Waals surface area (Å²) in [5, 5.41) is 4.25. The maximum absolute atomic E-state index is 5.93. The van der Waals surface area contributed by atoms with Crippen LogP contribution in [0.15, 0.2) is 30.5 Å². The summed E-state index contributed by atoms with van der Waals surface area (Å²) in [6.07, 6.45) is 1.81. The van der Waals surface area contributed by atoms with Crippen LogP contribution in [0.1, 0.15) is 0 Å². The van der Waals surface area contributed by atoms with Crippen molar-refractivity contribution in [3.05, 3.63) is 30.5 Å². The lowest BCUT2D eigenvalue weighted by Crippen LogP contribution is -2.27. The zero-order valence-corrected chi connectivity index (χ0v) is 10.3. The van der Waals surface area contributed by atoms with Gasteiger partial charge in [-0.25, -0.2) is 0 Å².